The second-order valence-corrected chi connectivity index (χ2v) is 7.04. The van der Waals surface area contributed by atoms with Crippen LogP contribution < -0.4 is 10.2 Å². The third-order valence-corrected chi connectivity index (χ3v) is 4.82. The van der Waals surface area contributed by atoms with Crippen LogP contribution in [0.4, 0.5) is 17.3 Å². The van der Waals surface area contributed by atoms with E-state index in [-0.39, 0.29) is 5.91 Å². The van der Waals surface area contributed by atoms with Gasteiger partial charge in [0.15, 0.2) is 11.6 Å². The number of carbonyl (C=O) groups excluding carboxylic acids is 1. The molecule has 0 saturated carbocycles. The number of aryl methyl sites for hydroxylation is 1. The van der Waals surface area contributed by atoms with Crippen LogP contribution in [0.5, 0.6) is 0 Å². The van der Waals surface area contributed by atoms with E-state index in [0.717, 1.165) is 23.4 Å². The molecule has 1 aromatic heterocycles. The zero-order valence-corrected chi connectivity index (χ0v) is 15.5. The van der Waals surface area contributed by atoms with Crippen molar-refractivity contribution in [3.05, 3.63) is 77.4 Å². The molecule has 1 N–H and O–H groups in total. The van der Waals surface area contributed by atoms with Gasteiger partial charge >= 0.3 is 0 Å². The van der Waals surface area contributed by atoms with Gasteiger partial charge in [0, 0.05) is 11.7 Å². The fourth-order valence-electron chi connectivity index (χ4n) is 3.63. The lowest BCUT2D eigenvalue weighted by Gasteiger charge is -2.23. The molecular formula is C22H22N4O. The number of carbonyl (C=O) groups is 1. The van der Waals surface area contributed by atoms with Crippen LogP contribution in [0.25, 0.3) is 0 Å². The largest absolute Gasteiger partial charge is 0.321 e. The van der Waals surface area contributed by atoms with Crippen molar-refractivity contribution in [2.24, 2.45) is 0 Å². The summed E-state index contributed by atoms with van der Waals surface area (Å²) in [5, 5.41) is 11.4. The standard InChI is InChI=1S/C22H22N4O/c1-15-6-5-7-17(12-15)14-22(27)23-20-10-11-21(25-24-20)26-16(2)13-18-8-3-4-9-19(18)26/h3-12,16H,13-14H2,1-2H3,(H,23,24,27). The maximum atomic E-state index is 12.3. The molecule has 0 aliphatic carbocycles. The number of hydrogen-bond acceptors (Lipinski definition) is 4. The number of fused-ring (bicyclic) bond motifs is 1. The molecule has 2 aromatic carbocycles. The topological polar surface area (TPSA) is 58.1 Å². The van der Waals surface area contributed by atoms with E-state index < -0.39 is 0 Å². The molecule has 0 saturated heterocycles. The molecule has 2 heterocycles. The van der Waals surface area contributed by atoms with E-state index in [2.05, 4.69) is 45.5 Å². The van der Waals surface area contributed by atoms with E-state index >= 15 is 0 Å². The predicted octanol–water partition coefficient (Wildman–Crippen LogP) is 4.05. The molecule has 1 aliphatic heterocycles. The average Bonchev–Trinajstić information content (AvgIpc) is 2.98. The number of nitrogens with zero attached hydrogens (tertiary/aromatic N) is 3. The molecule has 0 radical (unpaired) electrons. The fraction of sp³-hybridized carbons (Fsp3) is 0.227. The Labute approximate surface area is 159 Å². The monoisotopic (exact) mass is 358 g/mol. The highest BCUT2D eigenvalue weighted by atomic mass is 16.1. The van der Waals surface area contributed by atoms with Gasteiger partial charge in [-0.2, -0.15) is 0 Å². The number of rotatable bonds is 4. The number of hydrogen-bond donors (Lipinski definition) is 1. The Balaban J connectivity index is 1.46. The summed E-state index contributed by atoms with van der Waals surface area (Å²) < 4.78 is 0. The Hall–Kier alpha value is -3.21. The Bertz CT molecular complexity index is 968. The Kier molecular flexibility index (Phi) is 4.59. The third-order valence-electron chi connectivity index (χ3n) is 4.82. The minimum Gasteiger partial charge on any atom is -0.321 e. The molecule has 4 rings (SSSR count). The molecule has 0 bridgehead atoms. The van der Waals surface area contributed by atoms with Crippen LogP contribution in [0.15, 0.2) is 60.7 Å². The maximum Gasteiger partial charge on any atom is 0.229 e. The summed E-state index contributed by atoms with van der Waals surface area (Å²) in [6, 6.07) is 20.4. The normalized spacial score (nSPS) is 15.5. The molecule has 3 aromatic rings. The van der Waals surface area contributed by atoms with Crippen molar-refractivity contribution in [2.75, 3.05) is 10.2 Å². The highest BCUT2D eigenvalue weighted by Crippen LogP contribution is 2.36. The summed E-state index contributed by atoms with van der Waals surface area (Å²) in [4.78, 5) is 14.5. The van der Waals surface area contributed by atoms with E-state index in [1.807, 2.05) is 49.4 Å². The molecule has 5 heteroatoms. The van der Waals surface area contributed by atoms with Crippen molar-refractivity contribution < 1.29 is 4.79 Å². The van der Waals surface area contributed by atoms with Crippen LogP contribution in [0.3, 0.4) is 0 Å². The number of nitrogens with one attached hydrogen (secondary N) is 1. The minimum atomic E-state index is -0.0949. The first kappa shape index (κ1) is 17.2. The van der Waals surface area contributed by atoms with Gasteiger partial charge in [-0.3, -0.25) is 4.79 Å². The van der Waals surface area contributed by atoms with Gasteiger partial charge in [0.05, 0.1) is 6.42 Å². The zero-order chi connectivity index (χ0) is 18.8. The van der Waals surface area contributed by atoms with Crippen molar-refractivity contribution in [3.8, 4) is 0 Å². The van der Waals surface area contributed by atoms with Gasteiger partial charge in [0.1, 0.15) is 0 Å². The summed E-state index contributed by atoms with van der Waals surface area (Å²) in [5.74, 6) is 1.17. The van der Waals surface area contributed by atoms with E-state index in [0.29, 0.717) is 18.3 Å². The van der Waals surface area contributed by atoms with Crippen molar-refractivity contribution in [3.63, 3.8) is 0 Å². The third kappa shape index (κ3) is 3.67. The first-order valence-electron chi connectivity index (χ1n) is 9.16. The molecule has 1 amide bonds. The lowest BCUT2D eigenvalue weighted by atomic mass is 10.1. The summed E-state index contributed by atoms with van der Waals surface area (Å²) in [5.41, 5.74) is 4.63. The average molecular weight is 358 g/mol. The summed E-state index contributed by atoms with van der Waals surface area (Å²) in [6.45, 7) is 4.20. The van der Waals surface area contributed by atoms with E-state index in [4.69, 9.17) is 0 Å². The number of aromatic nitrogens is 2. The van der Waals surface area contributed by atoms with Crippen LogP contribution in [-0.4, -0.2) is 22.1 Å². The summed E-state index contributed by atoms with van der Waals surface area (Å²) >= 11 is 0. The van der Waals surface area contributed by atoms with Gasteiger partial charge < -0.3 is 10.2 Å². The maximum absolute atomic E-state index is 12.3. The summed E-state index contributed by atoms with van der Waals surface area (Å²) in [7, 11) is 0. The van der Waals surface area contributed by atoms with E-state index in [1.165, 1.54) is 11.3 Å². The van der Waals surface area contributed by atoms with E-state index in [9.17, 15) is 4.79 Å². The van der Waals surface area contributed by atoms with Crippen LogP contribution in [0, 0.1) is 6.92 Å². The number of amides is 1. The Morgan fingerprint density at radius 1 is 1.11 bits per heavy atom. The van der Waals surface area contributed by atoms with E-state index in [1.54, 1.807) is 0 Å². The van der Waals surface area contributed by atoms with Crippen LogP contribution in [-0.2, 0) is 17.6 Å². The van der Waals surface area contributed by atoms with Gasteiger partial charge in [-0.05, 0) is 49.6 Å². The van der Waals surface area contributed by atoms with Gasteiger partial charge in [0.25, 0.3) is 0 Å². The Morgan fingerprint density at radius 3 is 2.74 bits per heavy atom. The van der Waals surface area contributed by atoms with Crippen LogP contribution in [0.1, 0.15) is 23.6 Å². The number of benzene rings is 2. The first-order chi connectivity index (χ1) is 13.1. The minimum absolute atomic E-state index is 0.0949. The smallest absolute Gasteiger partial charge is 0.229 e. The van der Waals surface area contributed by atoms with Gasteiger partial charge in [-0.25, -0.2) is 0 Å². The molecular weight excluding hydrogens is 336 g/mol. The van der Waals surface area contributed by atoms with Gasteiger partial charge in [0.2, 0.25) is 5.91 Å². The zero-order valence-electron chi connectivity index (χ0n) is 15.5. The predicted molar refractivity (Wildman–Crippen MR) is 107 cm³/mol. The molecule has 0 fully saturated rings. The number of para-hydroxylation sites is 1. The quantitative estimate of drug-likeness (QED) is 0.764. The lowest BCUT2D eigenvalue weighted by molar-refractivity contribution is -0.115. The van der Waals surface area contributed by atoms with Crippen molar-refractivity contribution in [2.45, 2.75) is 32.7 Å². The molecule has 1 atom stereocenters. The fourth-order valence-corrected chi connectivity index (χ4v) is 3.63. The van der Waals surface area contributed by atoms with Gasteiger partial charge in [-0.1, -0.05) is 48.0 Å². The summed E-state index contributed by atoms with van der Waals surface area (Å²) in [6.07, 6.45) is 1.31. The van der Waals surface area contributed by atoms with Crippen molar-refractivity contribution >= 4 is 23.2 Å². The molecule has 1 aliphatic rings. The van der Waals surface area contributed by atoms with Crippen molar-refractivity contribution in [1.82, 2.24) is 10.2 Å². The highest BCUT2D eigenvalue weighted by Gasteiger charge is 2.27. The van der Waals surface area contributed by atoms with Crippen molar-refractivity contribution in [1.29, 1.82) is 0 Å². The molecule has 27 heavy (non-hydrogen) atoms. The van der Waals surface area contributed by atoms with Crippen LogP contribution in [0.2, 0.25) is 0 Å². The first-order valence-corrected chi connectivity index (χ1v) is 9.16. The lowest BCUT2D eigenvalue weighted by Crippen LogP contribution is -2.25. The SMILES string of the molecule is Cc1cccc(CC(=O)Nc2ccc(N3c4ccccc4CC3C)nn2)c1. The van der Waals surface area contributed by atoms with Crippen LogP contribution >= 0.6 is 0 Å². The number of anilines is 3. The Morgan fingerprint density at radius 2 is 1.96 bits per heavy atom. The second kappa shape index (κ2) is 7.19. The second-order valence-electron chi connectivity index (χ2n) is 7.04. The molecule has 5 nitrogen and oxygen atoms in total. The molecule has 1 unspecified atom stereocenters. The molecule has 0 spiro atoms. The highest BCUT2D eigenvalue weighted by molar-refractivity contribution is 5.91. The molecule has 136 valence electrons. The van der Waals surface area contributed by atoms with Gasteiger partial charge in [-0.15, -0.1) is 10.2 Å².